The van der Waals surface area contributed by atoms with Crippen LogP contribution in [-0.2, 0) is 11.3 Å². The molecule has 1 aliphatic rings. The smallest absolute Gasteiger partial charge is 0.242 e. The van der Waals surface area contributed by atoms with E-state index in [9.17, 15) is 4.79 Å². The highest BCUT2D eigenvalue weighted by Crippen LogP contribution is 2.15. The van der Waals surface area contributed by atoms with Gasteiger partial charge in [-0.3, -0.25) is 14.6 Å². The first-order chi connectivity index (χ1) is 12.0. The highest BCUT2D eigenvalue weighted by Gasteiger charge is 2.26. The summed E-state index contributed by atoms with van der Waals surface area (Å²) in [4.78, 5) is 17.2. The van der Waals surface area contributed by atoms with Gasteiger partial charge in [-0.2, -0.15) is 5.10 Å². The third kappa shape index (κ3) is 4.29. The Hall–Kier alpha value is -2.12. The Kier molecular flexibility index (Phi) is 5.55. The molecule has 3 heterocycles. The summed E-state index contributed by atoms with van der Waals surface area (Å²) in [5, 5.41) is 7.27. The zero-order valence-electron chi connectivity index (χ0n) is 15.2. The summed E-state index contributed by atoms with van der Waals surface area (Å²) < 4.78 is 7.24. The molecule has 0 spiro atoms. The maximum absolute atomic E-state index is 12.6. The molecule has 136 valence electrons. The summed E-state index contributed by atoms with van der Waals surface area (Å²) in [6.45, 7) is 10.5. The van der Waals surface area contributed by atoms with Crippen LogP contribution in [0.3, 0.4) is 0 Å². The number of nitrogens with zero attached hydrogens (tertiary/aromatic N) is 4. The average Bonchev–Trinajstić information content (AvgIpc) is 3.26. The molecule has 0 aliphatic carbocycles. The molecule has 0 bridgehead atoms. The van der Waals surface area contributed by atoms with Crippen LogP contribution in [0.15, 0.2) is 35.1 Å². The molecule has 1 aliphatic heterocycles. The van der Waals surface area contributed by atoms with Crippen molar-refractivity contribution in [3.05, 3.63) is 36.4 Å². The third-order valence-electron chi connectivity index (χ3n) is 4.70. The molecule has 1 saturated heterocycles. The second-order valence-corrected chi connectivity index (χ2v) is 6.81. The Morgan fingerprint density at radius 2 is 2.00 bits per heavy atom. The molecule has 2 aromatic rings. The first-order valence-electron chi connectivity index (χ1n) is 8.87. The van der Waals surface area contributed by atoms with E-state index in [0.29, 0.717) is 0 Å². The molecule has 2 aromatic heterocycles. The van der Waals surface area contributed by atoms with Gasteiger partial charge in [0.05, 0.1) is 25.0 Å². The van der Waals surface area contributed by atoms with Crippen molar-refractivity contribution < 1.29 is 9.21 Å². The quantitative estimate of drug-likeness (QED) is 0.869. The van der Waals surface area contributed by atoms with Crippen molar-refractivity contribution in [3.8, 4) is 0 Å². The molecule has 1 atom stereocenters. The Morgan fingerprint density at radius 1 is 1.24 bits per heavy atom. The van der Waals surface area contributed by atoms with Gasteiger partial charge < -0.3 is 9.73 Å². The number of hydrogen-bond acceptors (Lipinski definition) is 5. The lowest BCUT2D eigenvalue weighted by Crippen LogP contribution is -2.52. The van der Waals surface area contributed by atoms with E-state index in [1.165, 1.54) is 0 Å². The molecule has 0 unspecified atom stereocenters. The maximum Gasteiger partial charge on any atom is 0.242 e. The normalized spacial score (nSPS) is 17.8. The molecule has 0 saturated carbocycles. The number of carbonyl (C=O) groups is 1. The fraction of sp³-hybridized carbons (Fsp3) is 0.556. The van der Waals surface area contributed by atoms with E-state index < -0.39 is 0 Å². The molecule has 7 heteroatoms. The molecule has 1 amide bonds. The summed E-state index contributed by atoms with van der Waals surface area (Å²) in [5.41, 5.74) is 0. The van der Waals surface area contributed by atoms with Crippen molar-refractivity contribution in [1.29, 1.82) is 0 Å². The number of piperazine rings is 1. The molecule has 25 heavy (non-hydrogen) atoms. The lowest BCUT2D eigenvalue weighted by Gasteiger charge is -2.37. The van der Waals surface area contributed by atoms with Gasteiger partial charge >= 0.3 is 0 Å². The highest BCUT2D eigenvalue weighted by atomic mass is 16.3. The molecule has 7 nitrogen and oxygen atoms in total. The number of furan rings is 1. The number of anilines is 1. The van der Waals surface area contributed by atoms with Crippen LogP contribution in [0.5, 0.6) is 0 Å². The minimum atomic E-state index is -0.165. The van der Waals surface area contributed by atoms with Crippen molar-refractivity contribution >= 4 is 11.7 Å². The predicted octanol–water partition coefficient (Wildman–Crippen LogP) is 2.20. The molecule has 0 radical (unpaired) electrons. The van der Waals surface area contributed by atoms with E-state index in [1.807, 2.05) is 43.7 Å². The number of carbonyl (C=O) groups excluding carboxylic acids is 1. The Bertz CT molecular complexity index is 671. The molecular weight excluding hydrogens is 318 g/mol. The van der Waals surface area contributed by atoms with Gasteiger partial charge in [0.25, 0.3) is 0 Å². The molecule has 1 N–H and O–H groups in total. The van der Waals surface area contributed by atoms with Crippen molar-refractivity contribution in [1.82, 2.24) is 19.6 Å². The second-order valence-electron chi connectivity index (χ2n) is 6.81. The first-order valence-corrected chi connectivity index (χ1v) is 8.87. The molecule has 1 fully saturated rings. The number of amides is 1. The van der Waals surface area contributed by atoms with Gasteiger partial charge in [-0.15, -0.1) is 0 Å². The van der Waals surface area contributed by atoms with E-state index >= 15 is 0 Å². The lowest BCUT2D eigenvalue weighted by molar-refractivity contribution is -0.121. The minimum Gasteiger partial charge on any atom is -0.468 e. The van der Waals surface area contributed by atoms with Crippen molar-refractivity contribution in [2.45, 2.75) is 39.4 Å². The van der Waals surface area contributed by atoms with Crippen molar-refractivity contribution in [3.63, 3.8) is 0 Å². The Morgan fingerprint density at radius 3 is 2.64 bits per heavy atom. The van der Waals surface area contributed by atoms with E-state index in [0.717, 1.165) is 44.3 Å². The summed E-state index contributed by atoms with van der Waals surface area (Å²) in [5.74, 6) is 1.76. The second kappa shape index (κ2) is 7.84. The molecule has 0 aromatic carbocycles. The highest BCUT2D eigenvalue weighted by molar-refractivity contribution is 5.93. The number of aromatic nitrogens is 2. The fourth-order valence-corrected chi connectivity index (χ4v) is 3.15. The average molecular weight is 345 g/mol. The van der Waals surface area contributed by atoms with Gasteiger partial charge in [0.15, 0.2) is 0 Å². The SMILES string of the molecule is CC(C)n1nccc1NC(=O)[C@@H](C)N1CCN(Cc2ccco2)CC1. The van der Waals surface area contributed by atoms with Crippen LogP contribution in [-0.4, -0.2) is 57.7 Å². The van der Waals surface area contributed by atoms with Gasteiger partial charge in [0, 0.05) is 38.3 Å². The van der Waals surface area contributed by atoms with Crippen LogP contribution in [0, 0.1) is 0 Å². The van der Waals surface area contributed by atoms with Gasteiger partial charge in [0.2, 0.25) is 5.91 Å². The van der Waals surface area contributed by atoms with E-state index in [4.69, 9.17) is 4.42 Å². The predicted molar refractivity (Wildman–Crippen MR) is 96.3 cm³/mol. The van der Waals surface area contributed by atoms with Crippen LogP contribution in [0.4, 0.5) is 5.82 Å². The van der Waals surface area contributed by atoms with Crippen molar-refractivity contribution in [2.75, 3.05) is 31.5 Å². The van der Waals surface area contributed by atoms with Gasteiger partial charge in [0.1, 0.15) is 11.6 Å². The Labute approximate surface area is 148 Å². The minimum absolute atomic E-state index is 0.0156. The lowest BCUT2D eigenvalue weighted by atomic mass is 10.2. The summed E-state index contributed by atoms with van der Waals surface area (Å²) >= 11 is 0. The zero-order chi connectivity index (χ0) is 17.8. The van der Waals surface area contributed by atoms with Crippen molar-refractivity contribution in [2.24, 2.45) is 0 Å². The van der Waals surface area contributed by atoms with Crippen LogP contribution >= 0.6 is 0 Å². The summed E-state index contributed by atoms with van der Waals surface area (Å²) in [6.07, 6.45) is 3.42. The van der Waals surface area contributed by atoms with E-state index in [-0.39, 0.29) is 18.0 Å². The summed E-state index contributed by atoms with van der Waals surface area (Å²) in [7, 11) is 0. The number of hydrogen-bond donors (Lipinski definition) is 1. The Balaban J connectivity index is 1.50. The molecular formula is C18H27N5O2. The van der Waals surface area contributed by atoms with E-state index in [2.05, 4.69) is 20.2 Å². The third-order valence-corrected chi connectivity index (χ3v) is 4.70. The number of rotatable bonds is 6. The monoisotopic (exact) mass is 345 g/mol. The van der Waals surface area contributed by atoms with Crippen LogP contribution < -0.4 is 5.32 Å². The zero-order valence-corrected chi connectivity index (χ0v) is 15.2. The largest absolute Gasteiger partial charge is 0.468 e. The van der Waals surface area contributed by atoms with Gasteiger partial charge in [-0.05, 0) is 32.9 Å². The topological polar surface area (TPSA) is 66.5 Å². The van der Waals surface area contributed by atoms with Crippen LogP contribution in [0.25, 0.3) is 0 Å². The van der Waals surface area contributed by atoms with Gasteiger partial charge in [-0.1, -0.05) is 0 Å². The molecule has 3 rings (SSSR count). The van der Waals surface area contributed by atoms with Crippen LogP contribution in [0.1, 0.15) is 32.6 Å². The van der Waals surface area contributed by atoms with Crippen LogP contribution in [0.2, 0.25) is 0 Å². The summed E-state index contributed by atoms with van der Waals surface area (Å²) in [6, 6.07) is 5.80. The van der Waals surface area contributed by atoms with E-state index in [1.54, 1.807) is 12.5 Å². The first kappa shape index (κ1) is 17.7. The van der Waals surface area contributed by atoms with Gasteiger partial charge in [-0.25, -0.2) is 4.68 Å². The fourth-order valence-electron chi connectivity index (χ4n) is 3.15. The number of nitrogens with one attached hydrogen (secondary N) is 1. The standard InChI is InChI=1S/C18H27N5O2/c1-14(2)23-17(6-7-19-23)20-18(24)15(3)22-10-8-21(9-11-22)13-16-5-4-12-25-16/h4-7,12,14-15H,8-11,13H2,1-3H3,(H,20,24)/t15-/m1/s1. The maximum atomic E-state index is 12.6.